The predicted octanol–water partition coefficient (Wildman–Crippen LogP) is 2.23. The second-order valence-electron chi connectivity index (χ2n) is 3.73. The maximum atomic E-state index is 10.9. The molecule has 0 amide bonds. The Kier molecular flexibility index (Phi) is 2.41. The third kappa shape index (κ3) is 1.72. The van der Waals surface area contributed by atoms with E-state index in [1.165, 1.54) is 0 Å². The largest absolute Gasteiger partial charge is 0.365 e. The summed E-state index contributed by atoms with van der Waals surface area (Å²) in [6.07, 6.45) is 0. The number of hydrogen-bond donors (Lipinski definition) is 0. The molecule has 0 N–H and O–H groups in total. The Hall–Kier alpha value is -1.31. The molecule has 0 bridgehead atoms. The first-order chi connectivity index (χ1) is 5.96. The second-order valence-corrected chi connectivity index (χ2v) is 3.73. The van der Waals surface area contributed by atoms with E-state index in [2.05, 4.69) is 0 Å². The monoisotopic (exact) mass is 177 g/mol. The zero-order chi connectivity index (χ0) is 10.1. The van der Waals surface area contributed by atoms with Gasteiger partial charge in [0.1, 0.15) is 0 Å². The molecule has 0 fully saturated rings. The molecule has 0 saturated carbocycles. The maximum Gasteiger partial charge on any atom is 0.365 e. The van der Waals surface area contributed by atoms with Crippen molar-refractivity contribution in [1.82, 2.24) is 0 Å². The van der Waals surface area contributed by atoms with E-state index in [-0.39, 0.29) is 0 Å². The van der Waals surface area contributed by atoms with Crippen LogP contribution in [0.3, 0.4) is 0 Å². The lowest BCUT2D eigenvalue weighted by Crippen LogP contribution is -2.28. The van der Waals surface area contributed by atoms with Gasteiger partial charge in [-0.2, -0.15) is 0 Å². The first-order valence-electron chi connectivity index (χ1n) is 4.24. The van der Waals surface area contributed by atoms with Crippen molar-refractivity contribution >= 4 is 5.97 Å². The van der Waals surface area contributed by atoms with Gasteiger partial charge in [0.05, 0.1) is 5.41 Å². The zero-order valence-electron chi connectivity index (χ0n) is 8.13. The van der Waals surface area contributed by atoms with E-state index in [1.54, 1.807) is 13.8 Å². The first kappa shape index (κ1) is 9.78. The molecule has 1 rings (SSSR count). The molecule has 0 aliphatic heterocycles. The molecular formula is C11H13O2. The van der Waals surface area contributed by atoms with Crippen LogP contribution in [0.1, 0.15) is 25.0 Å². The highest BCUT2D eigenvalue weighted by Crippen LogP contribution is 2.26. The van der Waals surface area contributed by atoms with Crippen molar-refractivity contribution in [2.45, 2.75) is 26.2 Å². The summed E-state index contributed by atoms with van der Waals surface area (Å²) in [6, 6.07) is 7.46. The van der Waals surface area contributed by atoms with Gasteiger partial charge in [0, 0.05) is 0 Å². The number of rotatable bonds is 2. The van der Waals surface area contributed by atoms with Gasteiger partial charge in [-0.05, 0) is 31.9 Å². The molecule has 0 aliphatic rings. The van der Waals surface area contributed by atoms with Gasteiger partial charge in [0.25, 0.3) is 0 Å². The number of aryl methyl sites for hydroxylation is 1. The Morgan fingerprint density at radius 1 is 1.23 bits per heavy atom. The van der Waals surface area contributed by atoms with Gasteiger partial charge in [-0.25, -0.2) is 9.90 Å². The van der Waals surface area contributed by atoms with E-state index in [1.807, 2.05) is 31.2 Å². The molecule has 0 aromatic heterocycles. The van der Waals surface area contributed by atoms with Crippen molar-refractivity contribution < 1.29 is 9.90 Å². The Morgan fingerprint density at radius 3 is 2.23 bits per heavy atom. The molecule has 2 nitrogen and oxygen atoms in total. The van der Waals surface area contributed by atoms with Crippen molar-refractivity contribution in [3.63, 3.8) is 0 Å². The van der Waals surface area contributed by atoms with Crippen molar-refractivity contribution in [2.75, 3.05) is 0 Å². The summed E-state index contributed by atoms with van der Waals surface area (Å²) in [5, 5.41) is 10.9. The van der Waals surface area contributed by atoms with Crippen LogP contribution in [0.2, 0.25) is 0 Å². The molecule has 0 aliphatic carbocycles. The lowest BCUT2D eigenvalue weighted by Gasteiger charge is -2.20. The minimum absolute atomic E-state index is 0.815. The summed E-state index contributed by atoms with van der Waals surface area (Å²) >= 11 is 0. The zero-order valence-corrected chi connectivity index (χ0v) is 8.13. The minimum Gasteiger partial charge on any atom is -0.246 e. The first-order valence-corrected chi connectivity index (χ1v) is 4.24. The van der Waals surface area contributed by atoms with Crippen molar-refractivity contribution in [2.24, 2.45) is 0 Å². The van der Waals surface area contributed by atoms with Gasteiger partial charge in [-0.15, -0.1) is 0 Å². The van der Waals surface area contributed by atoms with Crippen LogP contribution in [0, 0.1) is 6.92 Å². The van der Waals surface area contributed by atoms with Gasteiger partial charge in [0.15, 0.2) is 0 Å². The molecule has 1 aromatic carbocycles. The summed E-state index contributed by atoms with van der Waals surface area (Å²) in [7, 11) is 0. The van der Waals surface area contributed by atoms with Gasteiger partial charge in [-0.1, -0.05) is 24.3 Å². The molecule has 0 unspecified atom stereocenters. The summed E-state index contributed by atoms with van der Waals surface area (Å²) in [5.74, 6) is -1.04. The lowest BCUT2D eigenvalue weighted by molar-refractivity contribution is -0.148. The van der Waals surface area contributed by atoms with Crippen LogP contribution in [-0.4, -0.2) is 5.97 Å². The molecule has 13 heavy (non-hydrogen) atoms. The van der Waals surface area contributed by atoms with Crippen LogP contribution in [0.15, 0.2) is 24.3 Å². The van der Waals surface area contributed by atoms with Crippen molar-refractivity contribution in [3.05, 3.63) is 35.4 Å². The normalized spacial score (nSPS) is 11.3. The van der Waals surface area contributed by atoms with Crippen LogP contribution >= 0.6 is 0 Å². The lowest BCUT2D eigenvalue weighted by atomic mass is 9.82. The maximum absolute atomic E-state index is 10.9. The van der Waals surface area contributed by atoms with Gasteiger partial charge in [0.2, 0.25) is 0 Å². The van der Waals surface area contributed by atoms with Crippen LogP contribution in [0.25, 0.3) is 0 Å². The summed E-state index contributed by atoms with van der Waals surface area (Å²) in [5.41, 5.74) is 0.887. The van der Waals surface area contributed by atoms with Crippen molar-refractivity contribution in [3.8, 4) is 0 Å². The molecule has 2 heteroatoms. The standard InChI is InChI=1S/C11H13O2/c1-8-6-4-5-7-9(8)11(2,3)10(12)13/h4-7H,1-3H3. The third-order valence-electron chi connectivity index (χ3n) is 2.33. The summed E-state index contributed by atoms with van der Waals surface area (Å²) in [6.45, 7) is 5.22. The van der Waals surface area contributed by atoms with Gasteiger partial charge >= 0.3 is 5.97 Å². The predicted molar refractivity (Wildman–Crippen MR) is 49.9 cm³/mol. The van der Waals surface area contributed by atoms with Crippen LogP contribution < -0.4 is 0 Å². The molecule has 1 aromatic rings. The Bertz CT molecular complexity index is 327. The summed E-state index contributed by atoms with van der Waals surface area (Å²) in [4.78, 5) is 10.9. The van der Waals surface area contributed by atoms with Gasteiger partial charge in [-0.3, -0.25) is 0 Å². The number of benzene rings is 1. The van der Waals surface area contributed by atoms with Crippen LogP contribution in [0.4, 0.5) is 0 Å². The topological polar surface area (TPSA) is 37.0 Å². The highest BCUT2D eigenvalue weighted by Gasteiger charge is 2.32. The number of carbonyl (C=O) groups excluding carboxylic acids is 1. The number of hydrogen-bond acceptors (Lipinski definition) is 1. The molecule has 0 atom stereocenters. The van der Waals surface area contributed by atoms with Crippen LogP contribution in [-0.2, 0) is 15.3 Å². The third-order valence-corrected chi connectivity index (χ3v) is 2.33. The minimum atomic E-state index is -1.04. The average molecular weight is 177 g/mol. The second kappa shape index (κ2) is 3.21. The summed E-state index contributed by atoms with van der Waals surface area (Å²) < 4.78 is 0. The molecule has 69 valence electrons. The Morgan fingerprint density at radius 2 is 1.77 bits per heavy atom. The molecule has 0 spiro atoms. The Balaban J connectivity index is 3.22. The fourth-order valence-electron chi connectivity index (χ4n) is 1.38. The fraction of sp³-hybridized carbons (Fsp3) is 0.364. The highest BCUT2D eigenvalue weighted by atomic mass is 16.4. The smallest absolute Gasteiger partial charge is 0.246 e. The molecule has 1 radical (unpaired) electrons. The quantitative estimate of drug-likeness (QED) is 0.682. The SMILES string of the molecule is Cc1ccccc1C(C)(C)C([O])=O. The van der Waals surface area contributed by atoms with Gasteiger partial charge < -0.3 is 0 Å². The van der Waals surface area contributed by atoms with E-state index in [9.17, 15) is 9.90 Å². The van der Waals surface area contributed by atoms with Crippen molar-refractivity contribution in [1.29, 1.82) is 0 Å². The highest BCUT2D eigenvalue weighted by molar-refractivity contribution is 5.80. The Labute approximate surface area is 78.2 Å². The molecular weight excluding hydrogens is 164 g/mol. The molecule has 0 heterocycles. The average Bonchev–Trinajstić information content (AvgIpc) is 2.04. The number of carbonyl (C=O) groups is 1. The van der Waals surface area contributed by atoms with E-state index in [0.29, 0.717) is 0 Å². The van der Waals surface area contributed by atoms with E-state index >= 15 is 0 Å². The van der Waals surface area contributed by atoms with E-state index in [0.717, 1.165) is 11.1 Å². The van der Waals surface area contributed by atoms with E-state index < -0.39 is 11.4 Å². The van der Waals surface area contributed by atoms with E-state index in [4.69, 9.17) is 0 Å². The fourth-order valence-corrected chi connectivity index (χ4v) is 1.38. The van der Waals surface area contributed by atoms with Crippen LogP contribution in [0.5, 0.6) is 0 Å². The molecule has 0 saturated heterocycles.